The monoisotopic (exact) mass is 1960 g/mol. The van der Waals surface area contributed by atoms with Crippen molar-refractivity contribution in [2.24, 2.45) is 0 Å². The molecule has 0 bridgehead atoms. The Hall–Kier alpha value is -8.08. The number of phenolic OH excluding ortho intramolecular Hbond substituents is 6. The van der Waals surface area contributed by atoms with Gasteiger partial charge in [-0.15, -0.1) is 58.0 Å². The maximum Gasteiger partial charge on any atom is 0.131 e. The Balaban J connectivity index is 0.000000130. The quantitative estimate of drug-likeness (QED) is 0.0873. The first-order valence-corrected chi connectivity index (χ1v) is 48.6. The van der Waals surface area contributed by atoms with E-state index in [2.05, 4.69) is 218 Å². The zero-order valence-corrected chi connectivity index (χ0v) is 84.2. The lowest BCUT2D eigenvalue weighted by molar-refractivity contribution is 0.478. The molecule has 0 saturated heterocycles. The van der Waals surface area contributed by atoms with Crippen molar-refractivity contribution in [2.45, 2.75) is 207 Å². The Morgan fingerprint density at radius 3 is 0.890 bits per heavy atom. The second-order valence-corrected chi connectivity index (χ2v) is 44.0. The highest BCUT2D eigenvalue weighted by Gasteiger charge is 2.44. The Bertz CT molecular complexity index is 5550. The number of phenols is 6. The summed E-state index contributed by atoms with van der Waals surface area (Å²) in [6.07, 6.45) is 0. The van der Waals surface area contributed by atoms with Crippen LogP contribution >= 0.6 is 101 Å². The molecule has 6 atom stereocenters. The molecule has 0 amide bonds. The van der Waals surface area contributed by atoms with Gasteiger partial charge in [0.25, 0.3) is 0 Å². The van der Waals surface area contributed by atoms with E-state index >= 15 is 0 Å². The molecular weight excluding hydrogens is 1850 g/mol. The minimum absolute atomic E-state index is 0.00304. The van der Waals surface area contributed by atoms with Gasteiger partial charge in [-0.25, -0.2) is 4.39 Å². The van der Waals surface area contributed by atoms with Crippen LogP contribution in [0, 0.1) is 31.0 Å². The van der Waals surface area contributed by atoms with Crippen molar-refractivity contribution in [1.29, 1.82) is 5.26 Å². The number of hydrogen-bond acceptors (Lipinski definition) is 13. The highest BCUT2D eigenvalue weighted by Crippen LogP contribution is 2.56. The molecule has 18 rings (SSSR count). The van der Waals surface area contributed by atoms with Crippen molar-refractivity contribution in [1.82, 2.24) is 0 Å². The molecule has 674 valence electrons. The zero-order valence-electron chi connectivity index (χ0n) is 76.5. The van der Waals surface area contributed by atoms with Crippen molar-refractivity contribution >= 4 is 200 Å². The molecule has 127 heavy (non-hydrogen) atoms. The minimum Gasteiger partial charge on any atom is -0.507 e. The number of nitriles is 1. The van der Waals surface area contributed by atoms with Gasteiger partial charge in [0.1, 0.15) is 40.3 Å². The number of hydrogen-bond donors (Lipinski definition) is 6. The molecule has 0 fully saturated rings. The molecule has 13 nitrogen and oxygen atoms in total. The minimum atomic E-state index is -0.300. The molecule has 6 heterocycles. The second-order valence-electron chi connectivity index (χ2n) is 40.6. The number of fused-ring (bicyclic) bond motifs is 18. The van der Waals surface area contributed by atoms with E-state index in [1.54, 1.807) is 30.3 Å². The Morgan fingerprint density at radius 1 is 0.339 bits per heavy atom. The molecule has 12 aromatic carbocycles. The summed E-state index contributed by atoms with van der Waals surface area (Å²) in [4.78, 5) is 13.9. The maximum absolute atomic E-state index is 14.4. The van der Waals surface area contributed by atoms with E-state index in [-0.39, 0.29) is 80.0 Å². The van der Waals surface area contributed by atoms with Crippen LogP contribution in [0.1, 0.15) is 210 Å². The van der Waals surface area contributed by atoms with Gasteiger partial charge in [-0.2, -0.15) is 5.26 Å². The zero-order chi connectivity index (χ0) is 92.9. The third-order valence-electron chi connectivity index (χ3n) is 25.9. The molecule has 0 spiro atoms. The van der Waals surface area contributed by atoms with Crippen LogP contribution in [0.15, 0.2) is 150 Å². The van der Waals surface area contributed by atoms with Gasteiger partial charge in [-0.05, 0) is 218 Å². The third kappa shape index (κ3) is 18.3. The summed E-state index contributed by atoms with van der Waals surface area (Å²) >= 11 is 44.8. The summed E-state index contributed by atoms with van der Waals surface area (Å²) in [5, 5.41) is 84.1. The number of aromatic hydroxyl groups is 6. The highest BCUT2D eigenvalue weighted by molar-refractivity contribution is 9.10. The Labute approximate surface area is 796 Å². The van der Waals surface area contributed by atoms with E-state index in [1.807, 2.05) is 97.1 Å². The predicted molar refractivity (Wildman–Crippen MR) is 547 cm³/mol. The lowest BCUT2D eigenvalue weighted by Crippen LogP contribution is -2.40. The predicted octanol–water partition coefficient (Wildman–Crippen LogP) is 29.1. The average Bonchev–Trinajstić information content (AvgIpc) is 1.63. The van der Waals surface area contributed by atoms with Crippen LogP contribution in [-0.2, 0) is 0 Å². The largest absolute Gasteiger partial charge is 0.507 e. The topological polar surface area (TPSA) is 165 Å². The van der Waals surface area contributed by atoms with Crippen molar-refractivity contribution in [3.05, 3.63) is 211 Å². The summed E-state index contributed by atoms with van der Waals surface area (Å²) in [5.74, 6) is 5.56. The first kappa shape index (κ1) is 96.5. The molecule has 0 unspecified atom stereocenters. The van der Waals surface area contributed by atoms with Crippen LogP contribution < -0.4 is 29.4 Å². The van der Waals surface area contributed by atoms with E-state index < -0.39 is 0 Å². The molecule has 0 aromatic heterocycles. The fraction of sp³-hybridized carbons (Fsp3) is 0.419. The molecule has 0 radical (unpaired) electrons. The summed E-state index contributed by atoms with van der Waals surface area (Å²) in [7, 11) is 0. The third-order valence-corrected chi connectivity index (χ3v) is 29.5. The van der Waals surface area contributed by atoms with E-state index in [9.17, 15) is 40.3 Å². The van der Waals surface area contributed by atoms with Gasteiger partial charge in [0.2, 0.25) is 0 Å². The molecule has 6 aliphatic heterocycles. The standard InChI is InChI=1S/C18H22BrNO.C18H19ClN2O.C18H22ClNO.C17H19BrClNO.C17H19Cl2NO.C17H19ClFNO/c1-11-6-5-7-13-15(21)8-14-17(16(11)13)12(9-19)10-20(14)18(2,3)4;1-18(2,3)21-10-12(8-19)17-14(21)7-15(22)13-6-4-5-11(9-20)16(13)17;1-11-6-5-7-13-15(21)8-14-17(16(11)13)12(9-19)10-20(14)18(2,3)4;1-17(2,3)20-9-10(8-19)15-13(20)7-14(21)11-5-4-6-12(18)16(11)15;2*1-17(2,3)20-9-10(8-18)15-13(20)7-14(21)11-5-4-6-12(19)16(11)15/h5-8,12,21H,9-10H2,1-4H3;4-7,12,22H,8,10H2,1-3H3;5-8,12,21H,9-10H2,1-4H3;3*4-7,10,21H,8-9H2,1-3H3/t3*12-;3*10-/m111111/s1. The maximum atomic E-state index is 14.4. The summed E-state index contributed by atoms with van der Waals surface area (Å²) in [6.45, 7) is 48.6. The summed E-state index contributed by atoms with van der Waals surface area (Å²) in [5.41, 5.74) is 16.3. The number of alkyl halides is 6. The van der Waals surface area contributed by atoms with Crippen molar-refractivity contribution in [2.75, 3.05) is 103 Å². The Kier molecular flexibility index (Phi) is 28.1. The fourth-order valence-corrected chi connectivity index (χ4v) is 22.6. The van der Waals surface area contributed by atoms with Crippen molar-refractivity contribution < 1.29 is 35.0 Å². The fourth-order valence-electron chi connectivity index (χ4n) is 20.0. The van der Waals surface area contributed by atoms with Gasteiger partial charge in [-0.3, -0.25) is 0 Å². The van der Waals surface area contributed by atoms with Crippen LogP contribution in [0.25, 0.3) is 64.6 Å². The molecule has 6 N–H and O–H groups in total. The van der Waals surface area contributed by atoms with Gasteiger partial charge in [-0.1, -0.05) is 128 Å². The number of benzene rings is 12. The van der Waals surface area contributed by atoms with Gasteiger partial charge >= 0.3 is 0 Å². The van der Waals surface area contributed by atoms with Gasteiger partial charge < -0.3 is 60.0 Å². The summed E-state index contributed by atoms with van der Waals surface area (Å²) in [6, 6.07) is 47.5. The number of nitrogens with zero attached hydrogens (tertiary/aromatic N) is 7. The molecule has 22 heteroatoms. The molecular formula is C105H120Br2Cl6FN7O6. The van der Waals surface area contributed by atoms with Crippen LogP contribution in [-0.4, -0.2) is 138 Å². The summed E-state index contributed by atoms with van der Waals surface area (Å²) < 4.78 is 15.4. The smallest absolute Gasteiger partial charge is 0.131 e. The second kappa shape index (κ2) is 36.9. The van der Waals surface area contributed by atoms with Gasteiger partial charge in [0, 0.05) is 277 Å². The van der Waals surface area contributed by atoms with Gasteiger partial charge in [0.15, 0.2) is 0 Å². The SMILES string of the molecule is CC(C)(C)N1C[C@@H](CCl)c2c1cc(O)c1cccc(Br)c21.CC(C)(C)N1C[C@@H](CCl)c2c1cc(O)c1cccc(C#N)c21.CC(C)(C)N1C[C@@H](CCl)c2c1cc(O)c1cccc(Cl)c21.CC(C)(C)N1C[C@@H](CCl)c2c1cc(O)c1cccc(F)c21.Cc1cccc2c(O)cc3c(c12)[C@H](CBr)CN3C(C)(C)C.Cc1cccc2c(O)cc3c(c12)[C@H](CCl)CN3C(C)(C)C. The average molecular weight is 1970 g/mol. The highest BCUT2D eigenvalue weighted by atomic mass is 79.9. The van der Waals surface area contributed by atoms with E-state index in [1.165, 1.54) is 55.9 Å². The lowest BCUT2D eigenvalue weighted by atomic mass is 9.92. The van der Waals surface area contributed by atoms with E-state index in [0.717, 1.165) is 132 Å². The van der Waals surface area contributed by atoms with Crippen molar-refractivity contribution in [3.8, 4) is 40.6 Å². The number of rotatable bonds is 6. The number of aryl methyl sites for hydroxylation is 2. The number of anilines is 6. The van der Waals surface area contributed by atoms with E-state index in [0.29, 0.717) is 79.8 Å². The molecule has 0 aliphatic carbocycles. The van der Waals surface area contributed by atoms with Crippen molar-refractivity contribution in [3.63, 3.8) is 0 Å². The Morgan fingerprint density at radius 2 is 0.575 bits per heavy atom. The molecule has 12 aromatic rings. The first-order chi connectivity index (χ1) is 59.6. The van der Waals surface area contributed by atoms with Crippen LogP contribution in [0.5, 0.6) is 34.5 Å². The molecule has 6 aliphatic rings. The number of halogens is 9. The van der Waals surface area contributed by atoms with Crippen LogP contribution in [0.2, 0.25) is 5.02 Å². The molecule has 0 saturated carbocycles. The van der Waals surface area contributed by atoms with Crippen LogP contribution in [0.3, 0.4) is 0 Å². The van der Waals surface area contributed by atoms with Gasteiger partial charge in [0.05, 0.1) is 11.6 Å². The van der Waals surface area contributed by atoms with E-state index in [4.69, 9.17) is 69.6 Å². The normalized spacial score (nSPS) is 18.2. The van der Waals surface area contributed by atoms with Crippen LogP contribution in [0.4, 0.5) is 38.5 Å². The first-order valence-electron chi connectivity index (χ1n) is 43.6. The lowest BCUT2D eigenvalue weighted by Gasteiger charge is -2.35.